The van der Waals surface area contributed by atoms with Crippen molar-refractivity contribution >= 4 is 23.3 Å². The number of aromatic nitrogens is 1. The number of Topliss-reactive ketones (excluding diaryl/α,β-unsaturated/α-hetero) is 1. The van der Waals surface area contributed by atoms with Crippen LogP contribution in [-0.4, -0.2) is 49.0 Å². The number of benzene rings is 1. The maximum atomic E-state index is 13.0. The Balaban J connectivity index is 1.23. The lowest BCUT2D eigenvalue weighted by Gasteiger charge is -2.18. The van der Waals surface area contributed by atoms with Crippen LogP contribution in [0.15, 0.2) is 36.5 Å². The third kappa shape index (κ3) is 4.55. The first-order valence-corrected chi connectivity index (χ1v) is 11.3. The molecule has 1 saturated carbocycles. The monoisotopic (exact) mass is 450 g/mol. The van der Waals surface area contributed by atoms with E-state index in [1.54, 1.807) is 29.3 Å². The molecule has 1 aromatic heterocycles. The minimum absolute atomic E-state index is 0.0183. The summed E-state index contributed by atoms with van der Waals surface area (Å²) in [6, 6.07) is 8.94. The fourth-order valence-corrected chi connectivity index (χ4v) is 4.41. The van der Waals surface area contributed by atoms with E-state index in [2.05, 4.69) is 4.98 Å². The van der Waals surface area contributed by atoms with E-state index >= 15 is 0 Å². The van der Waals surface area contributed by atoms with Crippen molar-refractivity contribution in [3.05, 3.63) is 47.7 Å². The second-order valence-electron chi connectivity index (χ2n) is 8.85. The van der Waals surface area contributed by atoms with Crippen LogP contribution in [0.2, 0.25) is 0 Å². The van der Waals surface area contributed by atoms with Crippen molar-refractivity contribution in [1.82, 2.24) is 4.98 Å². The zero-order valence-electron chi connectivity index (χ0n) is 18.5. The summed E-state index contributed by atoms with van der Waals surface area (Å²) in [6.45, 7) is 1.19. The van der Waals surface area contributed by atoms with E-state index < -0.39 is 6.10 Å². The zero-order chi connectivity index (χ0) is 22.9. The fourth-order valence-electron chi connectivity index (χ4n) is 4.41. The molecule has 5 rings (SSSR count). The summed E-state index contributed by atoms with van der Waals surface area (Å²) in [5.41, 5.74) is 2.08. The molecule has 0 radical (unpaired) electrons. The van der Waals surface area contributed by atoms with E-state index in [4.69, 9.17) is 14.2 Å². The lowest BCUT2D eigenvalue weighted by atomic mass is 9.97. The predicted octanol–water partition coefficient (Wildman–Crippen LogP) is 3.29. The normalized spacial score (nSPS) is 21.8. The first-order chi connectivity index (χ1) is 16.0. The highest BCUT2D eigenvalue weighted by Crippen LogP contribution is 2.38. The van der Waals surface area contributed by atoms with Crippen LogP contribution >= 0.6 is 0 Å². The summed E-state index contributed by atoms with van der Waals surface area (Å²) in [4.78, 5) is 43.1. The molecule has 33 heavy (non-hydrogen) atoms. The second-order valence-corrected chi connectivity index (χ2v) is 8.85. The fraction of sp³-hybridized carbons (Fsp3) is 0.440. The lowest BCUT2D eigenvalue weighted by molar-refractivity contribution is -0.141. The second kappa shape index (κ2) is 8.84. The van der Waals surface area contributed by atoms with Crippen molar-refractivity contribution in [2.24, 2.45) is 5.92 Å². The van der Waals surface area contributed by atoms with Gasteiger partial charge in [-0.25, -0.2) is 4.98 Å². The van der Waals surface area contributed by atoms with Gasteiger partial charge in [-0.2, -0.15) is 0 Å². The quantitative estimate of drug-likeness (QED) is 0.570. The molecule has 3 aliphatic rings. The average Bonchev–Trinajstić information content (AvgIpc) is 3.53. The number of ether oxygens (including phenoxy) is 3. The molecular weight excluding hydrogens is 424 g/mol. The standard InChI is InChI=1S/C25H26N2O6/c1-31-24(29)11-16-10-21(28)20-12-17(4-6-19(16)20)27-9-8-22(25(27)30)33-18-5-7-23(26-13-18)32-14-15-2-3-15/h4-7,12-13,15-16,22H,2-3,8-11,14H2,1H3. The van der Waals surface area contributed by atoms with Crippen LogP contribution < -0.4 is 14.4 Å². The van der Waals surface area contributed by atoms with Gasteiger partial charge in [0.15, 0.2) is 11.9 Å². The Morgan fingerprint density at radius 3 is 2.73 bits per heavy atom. The highest BCUT2D eigenvalue weighted by molar-refractivity contribution is 6.05. The molecule has 0 N–H and O–H groups in total. The van der Waals surface area contributed by atoms with Crippen LogP contribution in [0.1, 0.15) is 53.9 Å². The van der Waals surface area contributed by atoms with Crippen LogP contribution in [0.3, 0.4) is 0 Å². The number of carbonyl (C=O) groups excluding carboxylic acids is 3. The number of esters is 1. The molecular formula is C25H26N2O6. The van der Waals surface area contributed by atoms with Crippen molar-refractivity contribution in [3.8, 4) is 11.6 Å². The molecule has 2 fully saturated rings. The number of hydrogen-bond donors (Lipinski definition) is 0. The molecule has 0 spiro atoms. The Morgan fingerprint density at radius 1 is 1.15 bits per heavy atom. The van der Waals surface area contributed by atoms with Gasteiger partial charge in [0, 0.05) is 42.6 Å². The third-order valence-electron chi connectivity index (χ3n) is 6.47. The predicted molar refractivity (Wildman–Crippen MR) is 119 cm³/mol. The average molecular weight is 450 g/mol. The summed E-state index contributed by atoms with van der Waals surface area (Å²) in [6.07, 6.45) is 4.39. The number of amides is 1. The molecule has 2 atom stereocenters. The molecule has 1 aliphatic heterocycles. The molecule has 1 aromatic carbocycles. The number of nitrogens with zero attached hydrogens (tertiary/aromatic N) is 2. The van der Waals surface area contributed by atoms with E-state index in [0.29, 0.717) is 48.4 Å². The first-order valence-electron chi connectivity index (χ1n) is 11.3. The molecule has 2 heterocycles. The van der Waals surface area contributed by atoms with Gasteiger partial charge >= 0.3 is 5.97 Å². The van der Waals surface area contributed by atoms with Gasteiger partial charge in [-0.15, -0.1) is 0 Å². The minimum atomic E-state index is -0.610. The number of anilines is 1. The van der Waals surface area contributed by atoms with Gasteiger partial charge in [0.1, 0.15) is 5.75 Å². The van der Waals surface area contributed by atoms with Gasteiger partial charge in [0.2, 0.25) is 5.88 Å². The summed E-state index contributed by atoms with van der Waals surface area (Å²) in [7, 11) is 1.34. The molecule has 2 aromatic rings. The summed E-state index contributed by atoms with van der Waals surface area (Å²) < 4.78 is 16.3. The number of carbonyl (C=O) groups is 3. The van der Waals surface area contributed by atoms with Crippen LogP contribution in [-0.2, 0) is 14.3 Å². The molecule has 2 aliphatic carbocycles. The van der Waals surface area contributed by atoms with Gasteiger partial charge in [-0.3, -0.25) is 14.4 Å². The van der Waals surface area contributed by atoms with E-state index in [0.717, 1.165) is 5.56 Å². The molecule has 8 heteroatoms. The summed E-state index contributed by atoms with van der Waals surface area (Å²) >= 11 is 0. The zero-order valence-corrected chi connectivity index (χ0v) is 18.5. The van der Waals surface area contributed by atoms with E-state index in [1.807, 2.05) is 12.1 Å². The Hall–Kier alpha value is -3.42. The number of hydrogen-bond acceptors (Lipinski definition) is 7. The molecule has 1 amide bonds. The Morgan fingerprint density at radius 2 is 2.00 bits per heavy atom. The Kier molecular flexibility index (Phi) is 5.74. The maximum absolute atomic E-state index is 13.0. The van der Waals surface area contributed by atoms with Crippen LogP contribution in [0.4, 0.5) is 5.69 Å². The maximum Gasteiger partial charge on any atom is 0.306 e. The summed E-state index contributed by atoms with van der Waals surface area (Å²) in [5.74, 6) is 1.04. The minimum Gasteiger partial charge on any atom is -0.479 e. The SMILES string of the molecule is COC(=O)CC1CC(=O)c2cc(N3CCC(Oc4ccc(OCC5CC5)nc4)C3=O)ccc21. The van der Waals surface area contributed by atoms with Gasteiger partial charge in [-0.1, -0.05) is 6.07 Å². The Bertz CT molecular complexity index is 1080. The van der Waals surface area contributed by atoms with Gasteiger partial charge in [0.25, 0.3) is 5.91 Å². The molecule has 8 nitrogen and oxygen atoms in total. The number of methoxy groups -OCH3 is 1. The molecule has 0 bridgehead atoms. The number of rotatable bonds is 8. The number of pyridine rings is 1. The lowest BCUT2D eigenvalue weighted by Crippen LogP contribution is -2.32. The molecule has 172 valence electrons. The van der Waals surface area contributed by atoms with Crippen molar-refractivity contribution in [3.63, 3.8) is 0 Å². The topological polar surface area (TPSA) is 95.0 Å². The van der Waals surface area contributed by atoms with Gasteiger partial charge < -0.3 is 19.1 Å². The van der Waals surface area contributed by atoms with Crippen LogP contribution in [0.25, 0.3) is 0 Å². The number of fused-ring (bicyclic) bond motifs is 1. The summed E-state index contributed by atoms with van der Waals surface area (Å²) in [5, 5.41) is 0. The van der Waals surface area contributed by atoms with Crippen LogP contribution in [0, 0.1) is 5.92 Å². The van der Waals surface area contributed by atoms with E-state index in [-0.39, 0.29) is 36.4 Å². The van der Waals surface area contributed by atoms with Gasteiger partial charge in [-0.05, 0) is 42.5 Å². The van der Waals surface area contributed by atoms with Gasteiger partial charge in [0.05, 0.1) is 26.3 Å². The third-order valence-corrected chi connectivity index (χ3v) is 6.47. The molecule has 2 unspecified atom stereocenters. The first kappa shape index (κ1) is 21.4. The van der Waals surface area contributed by atoms with Crippen molar-refractivity contribution in [1.29, 1.82) is 0 Å². The van der Waals surface area contributed by atoms with Crippen LogP contribution in [0.5, 0.6) is 11.6 Å². The molecule has 1 saturated heterocycles. The highest BCUT2D eigenvalue weighted by atomic mass is 16.5. The van der Waals surface area contributed by atoms with Crippen molar-refractivity contribution in [2.45, 2.75) is 44.1 Å². The van der Waals surface area contributed by atoms with Crippen molar-refractivity contribution in [2.75, 3.05) is 25.2 Å². The van der Waals surface area contributed by atoms with Crippen molar-refractivity contribution < 1.29 is 28.6 Å². The smallest absolute Gasteiger partial charge is 0.306 e. The largest absolute Gasteiger partial charge is 0.479 e. The van der Waals surface area contributed by atoms with E-state index in [9.17, 15) is 14.4 Å². The highest BCUT2D eigenvalue weighted by Gasteiger charge is 2.37. The number of ketones is 1. The van der Waals surface area contributed by atoms with E-state index in [1.165, 1.54) is 20.0 Å². The Labute approximate surface area is 191 Å².